The van der Waals surface area contributed by atoms with Crippen LogP contribution in [0.2, 0.25) is 0 Å². The fourth-order valence-electron chi connectivity index (χ4n) is 2.54. The lowest BCUT2D eigenvalue weighted by molar-refractivity contribution is -0.123. The average Bonchev–Trinajstić information content (AvgIpc) is 2.61. The van der Waals surface area contributed by atoms with Crippen molar-refractivity contribution in [3.8, 4) is 0 Å². The first-order valence-corrected chi connectivity index (χ1v) is 10.1. The van der Waals surface area contributed by atoms with E-state index >= 15 is 0 Å². The Morgan fingerprint density at radius 2 is 1.62 bits per heavy atom. The number of halogens is 2. The molecule has 0 saturated heterocycles. The molecule has 0 heterocycles. The van der Waals surface area contributed by atoms with E-state index in [1.165, 1.54) is 51.1 Å². The van der Waals surface area contributed by atoms with Gasteiger partial charge in [0.25, 0.3) is 0 Å². The molecule has 0 saturated carbocycles. The number of amides is 2. The van der Waals surface area contributed by atoms with Gasteiger partial charge in [-0.05, 0) is 44.2 Å². The van der Waals surface area contributed by atoms with Gasteiger partial charge in [0.1, 0.15) is 11.6 Å². The molecule has 0 unspecified atom stereocenters. The summed E-state index contributed by atoms with van der Waals surface area (Å²) in [5, 5.41) is 5.00. The predicted molar refractivity (Wildman–Crippen MR) is 103 cm³/mol. The van der Waals surface area contributed by atoms with Gasteiger partial charge in [-0.2, -0.15) is 4.72 Å². The van der Waals surface area contributed by atoms with E-state index in [9.17, 15) is 26.8 Å². The Bertz CT molecular complexity index is 1010. The minimum Gasteiger partial charge on any atom is -0.348 e. The second kappa shape index (κ2) is 9.10. The fourth-order valence-corrected chi connectivity index (χ4v) is 3.75. The quantitative estimate of drug-likeness (QED) is 0.634. The van der Waals surface area contributed by atoms with Crippen LogP contribution in [0, 0.1) is 11.6 Å². The highest BCUT2D eigenvalue weighted by Gasteiger charge is 2.24. The standard InChI is InChI=1S/C19H21F2N3O4S/c1-11(17-9-4-14(20)10-18(17)21)22-19(26)12(2)24-29(27,28)16-7-5-15(6-8-16)23-13(3)25/h4-12,24H,1-3H3,(H,22,26)(H,23,25)/t11-,12-/m0/s1. The number of rotatable bonds is 7. The Balaban J connectivity index is 2.04. The molecule has 2 atom stereocenters. The second-order valence-corrected chi connectivity index (χ2v) is 8.16. The number of benzene rings is 2. The molecule has 0 aromatic heterocycles. The normalized spacial score (nSPS) is 13.4. The molecule has 10 heteroatoms. The molecule has 0 fully saturated rings. The van der Waals surface area contributed by atoms with Crippen LogP contribution in [0.15, 0.2) is 47.4 Å². The summed E-state index contributed by atoms with van der Waals surface area (Å²) in [6.07, 6.45) is 0. The molecular formula is C19H21F2N3O4S. The number of anilines is 1. The minimum atomic E-state index is -4.01. The molecule has 0 aliphatic heterocycles. The van der Waals surface area contributed by atoms with Gasteiger partial charge in [0.15, 0.2) is 0 Å². The van der Waals surface area contributed by atoms with Crippen molar-refractivity contribution in [2.75, 3.05) is 5.32 Å². The minimum absolute atomic E-state index is 0.0726. The van der Waals surface area contributed by atoms with E-state index in [-0.39, 0.29) is 16.4 Å². The molecule has 156 valence electrons. The van der Waals surface area contributed by atoms with Crippen LogP contribution in [0.1, 0.15) is 32.4 Å². The monoisotopic (exact) mass is 425 g/mol. The van der Waals surface area contributed by atoms with Crippen LogP contribution in [0.25, 0.3) is 0 Å². The van der Waals surface area contributed by atoms with E-state index in [4.69, 9.17) is 0 Å². The van der Waals surface area contributed by atoms with Crippen LogP contribution in [-0.2, 0) is 19.6 Å². The summed E-state index contributed by atoms with van der Waals surface area (Å²) in [5.41, 5.74) is 0.501. The lowest BCUT2D eigenvalue weighted by atomic mass is 10.1. The molecule has 7 nitrogen and oxygen atoms in total. The summed E-state index contributed by atoms with van der Waals surface area (Å²) in [4.78, 5) is 23.2. The maximum atomic E-state index is 13.8. The highest BCUT2D eigenvalue weighted by Crippen LogP contribution is 2.18. The van der Waals surface area contributed by atoms with E-state index in [2.05, 4.69) is 15.4 Å². The number of nitrogens with one attached hydrogen (secondary N) is 3. The highest BCUT2D eigenvalue weighted by atomic mass is 32.2. The van der Waals surface area contributed by atoms with E-state index in [1.807, 2.05) is 0 Å². The van der Waals surface area contributed by atoms with Gasteiger partial charge in [0, 0.05) is 24.2 Å². The van der Waals surface area contributed by atoms with Crippen molar-refractivity contribution in [2.45, 2.75) is 37.8 Å². The van der Waals surface area contributed by atoms with Crippen molar-refractivity contribution in [2.24, 2.45) is 0 Å². The Labute approximate surface area is 167 Å². The number of sulfonamides is 1. The Morgan fingerprint density at radius 3 is 2.17 bits per heavy atom. The van der Waals surface area contributed by atoms with Crippen LogP contribution in [0.4, 0.5) is 14.5 Å². The molecule has 0 aliphatic carbocycles. The van der Waals surface area contributed by atoms with E-state index in [0.29, 0.717) is 11.8 Å². The summed E-state index contributed by atoms with van der Waals surface area (Å²) in [6.45, 7) is 4.16. The second-order valence-electron chi connectivity index (χ2n) is 6.44. The zero-order chi connectivity index (χ0) is 21.8. The summed E-state index contributed by atoms with van der Waals surface area (Å²) in [6, 6.07) is 6.44. The molecule has 2 rings (SSSR count). The van der Waals surface area contributed by atoms with Gasteiger partial charge in [0.2, 0.25) is 21.8 Å². The van der Waals surface area contributed by atoms with Crippen molar-refractivity contribution in [3.63, 3.8) is 0 Å². The Hall–Kier alpha value is -2.85. The molecule has 2 amide bonds. The highest BCUT2D eigenvalue weighted by molar-refractivity contribution is 7.89. The average molecular weight is 425 g/mol. The lowest BCUT2D eigenvalue weighted by Crippen LogP contribution is -2.45. The smallest absolute Gasteiger partial charge is 0.241 e. The number of hydrogen-bond acceptors (Lipinski definition) is 4. The van der Waals surface area contributed by atoms with Crippen molar-refractivity contribution in [1.29, 1.82) is 0 Å². The third-order valence-corrected chi connectivity index (χ3v) is 5.55. The van der Waals surface area contributed by atoms with Crippen molar-refractivity contribution in [1.82, 2.24) is 10.0 Å². The van der Waals surface area contributed by atoms with Crippen molar-refractivity contribution < 1.29 is 26.8 Å². The number of carbonyl (C=O) groups is 2. The third-order valence-electron chi connectivity index (χ3n) is 4.00. The zero-order valence-electron chi connectivity index (χ0n) is 16.0. The van der Waals surface area contributed by atoms with Gasteiger partial charge in [0.05, 0.1) is 17.0 Å². The van der Waals surface area contributed by atoms with Crippen LogP contribution < -0.4 is 15.4 Å². The molecule has 0 spiro atoms. The molecule has 0 aliphatic rings. The summed E-state index contributed by atoms with van der Waals surface area (Å²) in [5.74, 6) is -2.53. The van der Waals surface area contributed by atoms with Crippen molar-refractivity contribution in [3.05, 3.63) is 59.7 Å². The third kappa shape index (κ3) is 6.06. The van der Waals surface area contributed by atoms with Crippen LogP contribution in [-0.4, -0.2) is 26.3 Å². The zero-order valence-corrected chi connectivity index (χ0v) is 16.8. The van der Waals surface area contributed by atoms with E-state index < -0.39 is 39.6 Å². The summed E-state index contributed by atoms with van der Waals surface area (Å²) < 4.78 is 54.0. The van der Waals surface area contributed by atoms with E-state index in [1.54, 1.807) is 0 Å². The summed E-state index contributed by atoms with van der Waals surface area (Å²) >= 11 is 0. The molecule has 3 N–H and O–H groups in total. The number of carbonyl (C=O) groups excluding carboxylic acids is 2. The first-order chi connectivity index (χ1) is 13.5. The molecule has 2 aromatic carbocycles. The maximum absolute atomic E-state index is 13.8. The fraction of sp³-hybridized carbons (Fsp3) is 0.263. The predicted octanol–water partition coefficient (Wildman–Crippen LogP) is 2.47. The van der Waals surface area contributed by atoms with Gasteiger partial charge < -0.3 is 10.6 Å². The van der Waals surface area contributed by atoms with E-state index in [0.717, 1.165) is 6.07 Å². The van der Waals surface area contributed by atoms with Gasteiger partial charge in [-0.1, -0.05) is 6.07 Å². The topological polar surface area (TPSA) is 104 Å². The molecular weight excluding hydrogens is 404 g/mol. The Morgan fingerprint density at radius 1 is 1.00 bits per heavy atom. The van der Waals surface area contributed by atoms with Crippen LogP contribution in [0.3, 0.4) is 0 Å². The largest absolute Gasteiger partial charge is 0.348 e. The number of hydrogen-bond donors (Lipinski definition) is 3. The first-order valence-electron chi connectivity index (χ1n) is 8.65. The van der Waals surface area contributed by atoms with Gasteiger partial charge in [-0.25, -0.2) is 17.2 Å². The van der Waals surface area contributed by atoms with Crippen molar-refractivity contribution >= 4 is 27.5 Å². The van der Waals surface area contributed by atoms with Gasteiger partial charge in [-0.15, -0.1) is 0 Å². The molecule has 0 radical (unpaired) electrons. The van der Waals surface area contributed by atoms with Gasteiger partial charge >= 0.3 is 0 Å². The summed E-state index contributed by atoms with van der Waals surface area (Å²) in [7, 11) is -4.01. The molecule has 2 aromatic rings. The van der Waals surface area contributed by atoms with Crippen LogP contribution in [0.5, 0.6) is 0 Å². The van der Waals surface area contributed by atoms with Gasteiger partial charge in [-0.3, -0.25) is 9.59 Å². The Kier molecular flexibility index (Phi) is 7.04. The first kappa shape index (κ1) is 22.4. The SMILES string of the molecule is CC(=O)Nc1ccc(S(=O)(=O)N[C@@H](C)C(=O)N[C@@H](C)c2ccc(F)cc2F)cc1. The maximum Gasteiger partial charge on any atom is 0.241 e. The molecule has 0 bridgehead atoms. The lowest BCUT2D eigenvalue weighted by Gasteiger charge is -2.19. The van der Waals surface area contributed by atoms with Crippen LogP contribution >= 0.6 is 0 Å². The molecule has 29 heavy (non-hydrogen) atoms.